The molecule has 0 atom stereocenters. The third-order valence-corrected chi connectivity index (χ3v) is 3.63. The lowest BCUT2D eigenvalue weighted by Crippen LogP contribution is -2.27. The number of anilines is 1. The molecule has 0 radical (unpaired) electrons. The van der Waals surface area contributed by atoms with Crippen LogP contribution in [-0.2, 0) is 6.54 Å². The molecule has 1 saturated carbocycles. The molecule has 0 aliphatic heterocycles. The molecule has 1 N–H and O–H groups in total. The first-order valence-corrected chi connectivity index (χ1v) is 7.48. The Balaban J connectivity index is 2.13. The monoisotopic (exact) mass is 273 g/mol. The summed E-state index contributed by atoms with van der Waals surface area (Å²) in [6.45, 7) is 1.46. The van der Waals surface area contributed by atoms with Gasteiger partial charge in [-0.25, -0.2) is 4.68 Å². The van der Waals surface area contributed by atoms with E-state index in [-0.39, 0.29) is 5.56 Å². The summed E-state index contributed by atoms with van der Waals surface area (Å²) in [7, 11) is 0. The van der Waals surface area contributed by atoms with Gasteiger partial charge in [-0.1, -0.05) is 11.6 Å². The Hall–Kier alpha value is -0.680. The van der Waals surface area contributed by atoms with E-state index < -0.39 is 0 Å². The van der Waals surface area contributed by atoms with Gasteiger partial charge in [0.2, 0.25) is 0 Å². The number of hydrogen-bond donors (Lipinski definition) is 1. The first kappa shape index (κ1) is 12.8. The van der Waals surface area contributed by atoms with Crippen LogP contribution in [0.1, 0.15) is 12.8 Å². The van der Waals surface area contributed by atoms with Crippen LogP contribution in [0.5, 0.6) is 0 Å². The minimum absolute atomic E-state index is 0.106. The highest BCUT2D eigenvalue weighted by molar-refractivity contribution is 7.98. The van der Waals surface area contributed by atoms with E-state index in [0.29, 0.717) is 23.2 Å². The lowest BCUT2D eigenvalue weighted by molar-refractivity contribution is 0.534. The summed E-state index contributed by atoms with van der Waals surface area (Å²) in [5.74, 6) is 1.57. The van der Waals surface area contributed by atoms with Gasteiger partial charge in [0.1, 0.15) is 5.69 Å². The summed E-state index contributed by atoms with van der Waals surface area (Å²) < 4.78 is 1.52. The van der Waals surface area contributed by atoms with Crippen molar-refractivity contribution in [3.8, 4) is 0 Å². The van der Waals surface area contributed by atoms with Crippen molar-refractivity contribution < 1.29 is 0 Å². The van der Waals surface area contributed by atoms with E-state index in [1.807, 2.05) is 6.26 Å². The summed E-state index contributed by atoms with van der Waals surface area (Å²) in [6, 6.07) is 0. The Morgan fingerprint density at radius 3 is 3.06 bits per heavy atom. The SMILES string of the molecule is CSCCNc1c(Cl)cnn(CC2CC2)c1=O. The van der Waals surface area contributed by atoms with Crippen molar-refractivity contribution in [1.29, 1.82) is 0 Å². The maximum Gasteiger partial charge on any atom is 0.291 e. The summed E-state index contributed by atoms with van der Waals surface area (Å²) in [4.78, 5) is 12.1. The minimum atomic E-state index is -0.106. The van der Waals surface area contributed by atoms with E-state index >= 15 is 0 Å². The van der Waals surface area contributed by atoms with Gasteiger partial charge in [-0.3, -0.25) is 4.79 Å². The van der Waals surface area contributed by atoms with Gasteiger partial charge in [-0.15, -0.1) is 0 Å². The Bertz CT molecular complexity index is 445. The van der Waals surface area contributed by atoms with Gasteiger partial charge in [0.15, 0.2) is 0 Å². The second-order valence-electron chi connectivity index (χ2n) is 4.22. The van der Waals surface area contributed by atoms with Gasteiger partial charge in [0, 0.05) is 18.8 Å². The van der Waals surface area contributed by atoms with Crippen molar-refractivity contribution in [3.05, 3.63) is 21.6 Å². The molecule has 0 amide bonds. The molecule has 2 rings (SSSR count). The van der Waals surface area contributed by atoms with Crippen LogP contribution in [0.25, 0.3) is 0 Å². The average Bonchev–Trinajstić information content (AvgIpc) is 3.11. The van der Waals surface area contributed by atoms with Crippen LogP contribution in [0, 0.1) is 5.92 Å². The third-order valence-electron chi connectivity index (χ3n) is 2.73. The molecule has 94 valence electrons. The lowest BCUT2D eigenvalue weighted by atomic mass is 10.4. The fourth-order valence-corrected chi connectivity index (χ4v) is 2.08. The van der Waals surface area contributed by atoms with E-state index in [2.05, 4.69) is 10.4 Å². The van der Waals surface area contributed by atoms with Gasteiger partial charge in [-0.2, -0.15) is 16.9 Å². The third kappa shape index (κ3) is 3.39. The zero-order valence-corrected chi connectivity index (χ0v) is 11.4. The van der Waals surface area contributed by atoms with Gasteiger partial charge in [0.25, 0.3) is 5.56 Å². The van der Waals surface area contributed by atoms with Gasteiger partial charge < -0.3 is 5.32 Å². The van der Waals surface area contributed by atoms with Crippen LogP contribution in [0.4, 0.5) is 5.69 Å². The highest BCUT2D eigenvalue weighted by atomic mass is 35.5. The molecule has 1 aromatic rings. The minimum Gasteiger partial charge on any atom is -0.378 e. The zero-order chi connectivity index (χ0) is 12.3. The van der Waals surface area contributed by atoms with Crippen LogP contribution < -0.4 is 10.9 Å². The number of thioether (sulfide) groups is 1. The van der Waals surface area contributed by atoms with Crippen LogP contribution in [0.2, 0.25) is 5.02 Å². The van der Waals surface area contributed by atoms with Crippen molar-refractivity contribution in [2.75, 3.05) is 23.9 Å². The second-order valence-corrected chi connectivity index (χ2v) is 5.61. The van der Waals surface area contributed by atoms with E-state index in [9.17, 15) is 4.79 Å². The number of aromatic nitrogens is 2. The molecule has 0 spiro atoms. The molecule has 4 nitrogen and oxygen atoms in total. The zero-order valence-electron chi connectivity index (χ0n) is 9.78. The number of halogens is 1. The van der Waals surface area contributed by atoms with E-state index in [1.165, 1.54) is 17.5 Å². The van der Waals surface area contributed by atoms with Gasteiger partial charge in [0.05, 0.1) is 11.2 Å². The van der Waals surface area contributed by atoms with Crippen molar-refractivity contribution in [2.45, 2.75) is 19.4 Å². The summed E-state index contributed by atoms with van der Waals surface area (Å²) in [5, 5.41) is 7.57. The highest BCUT2D eigenvalue weighted by Crippen LogP contribution is 2.30. The molecular weight excluding hydrogens is 258 g/mol. The molecular formula is C11H16ClN3OS. The van der Waals surface area contributed by atoms with Gasteiger partial charge in [-0.05, 0) is 25.0 Å². The predicted octanol–water partition coefficient (Wildman–Crippen LogP) is 2.08. The maximum atomic E-state index is 12.1. The number of hydrogen-bond acceptors (Lipinski definition) is 4. The normalized spacial score (nSPS) is 14.9. The van der Waals surface area contributed by atoms with Crippen molar-refractivity contribution in [2.24, 2.45) is 5.92 Å². The molecule has 1 fully saturated rings. The number of rotatable bonds is 6. The van der Waals surface area contributed by atoms with Crippen LogP contribution in [0.3, 0.4) is 0 Å². The molecule has 1 aliphatic rings. The van der Waals surface area contributed by atoms with E-state index in [4.69, 9.17) is 11.6 Å². The van der Waals surface area contributed by atoms with Crippen LogP contribution >= 0.6 is 23.4 Å². The Morgan fingerprint density at radius 2 is 2.41 bits per heavy atom. The second kappa shape index (κ2) is 5.78. The standard InChI is InChI=1S/C11H16ClN3OS/c1-17-5-4-13-10-9(12)6-14-15(11(10)16)7-8-2-3-8/h6,8,13H,2-5,7H2,1H3. The molecule has 1 aliphatic carbocycles. The van der Waals surface area contributed by atoms with Gasteiger partial charge >= 0.3 is 0 Å². The van der Waals surface area contributed by atoms with Crippen molar-refractivity contribution in [3.63, 3.8) is 0 Å². The smallest absolute Gasteiger partial charge is 0.291 e. The van der Waals surface area contributed by atoms with E-state index in [1.54, 1.807) is 18.0 Å². The summed E-state index contributed by atoms with van der Waals surface area (Å²) in [6.07, 6.45) is 5.98. The summed E-state index contributed by atoms with van der Waals surface area (Å²) >= 11 is 7.71. The molecule has 17 heavy (non-hydrogen) atoms. The molecule has 0 aromatic carbocycles. The molecule has 6 heteroatoms. The predicted molar refractivity (Wildman–Crippen MR) is 73.1 cm³/mol. The molecule has 1 aromatic heterocycles. The quantitative estimate of drug-likeness (QED) is 0.806. The average molecular weight is 274 g/mol. The molecule has 0 saturated heterocycles. The molecule has 0 bridgehead atoms. The van der Waals surface area contributed by atoms with Crippen LogP contribution in [0.15, 0.2) is 11.0 Å². The summed E-state index contributed by atoms with van der Waals surface area (Å²) in [5.41, 5.74) is 0.377. The molecule has 0 unspecified atom stereocenters. The van der Waals surface area contributed by atoms with Crippen LogP contribution in [-0.4, -0.2) is 28.3 Å². The number of nitrogens with one attached hydrogen (secondary N) is 1. The largest absolute Gasteiger partial charge is 0.378 e. The first-order chi connectivity index (χ1) is 8.22. The van der Waals surface area contributed by atoms with E-state index in [0.717, 1.165) is 12.3 Å². The maximum absolute atomic E-state index is 12.1. The Kier molecular flexibility index (Phi) is 4.34. The number of nitrogens with zero attached hydrogens (tertiary/aromatic N) is 2. The highest BCUT2D eigenvalue weighted by Gasteiger charge is 2.23. The van der Waals surface area contributed by atoms with Crippen molar-refractivity contribution in [1.82, 2.24) is 9.78 Å². The Morgan fingerprint density at radius 1 is 1.65 bits per heavy atom. The Labute approximate surface area is 110 Å². The molecule has 1 heterocycles. The fraction of sp³-hybridized carbons (Fsp3) is 0.636. The first-order valence-electron chi connectivity index (χ1n) is 5.71. The lowest BCUT2D eigenvalue weighted by Gasteiger charge is -2.09. The topological polar surface area (TPSA) is 46.9 Å². The fourth-order valence-electron chi connectivity index (χ4n) is 1.58. The van der Waals surface area contributed by atoms with Crippen molar-refractivity contribution >= 4 is 29.1 Å².